The number of nitrogens with one attached hydrogen (secondary N) is 1. The number of aromatic nitrogens is 2. The molecule has 24 heavy (non-hydrogen) atoms. The van der Waals surface area contributed by atoms with Crippen LogP contribution in [-0.4, -0.2) is 15.3 Å². The Balaban J connectivity index is 1.60. The highest BCUT2D eigenvalue weighted by atomic mass is 16.4. The highest BCUT2D eigenvalue weighted by Gasteiger charge is 2.14. The van der Waals surface area contributed by atoms with Crippen molar-refractivity contribution in [3.05, 3.63) is 82.6 Å². The van der Waals surface area contributed by atoms with Gasteiger partial charge in [0.05, 0.1) is 18.4 Å². The number of carbonyl (C=O) groups excluding carboxylic acids is 1. The van der Waals surface area contributed by atoms with E-state index in [0.717, 1.165) is 11.3 Å². The summed E-state index contributed by atoms with van der Waals surface area (Å²) in [7, 11) is 0. The maximum Gasteiger partial charge on any atom is 0.349 e. The lowest BCUT2D eigenvalue weighted by molar-refractivity contribution is 0.0947. The molecule has 3 heterocycles. The van der Waals surface area contributed by atoms with Crippen molar-refractivity contribution in [1.82, 2.24) is 14.7 Å². The molecule has 4 aromatic rings. The van der Waals surface area contributed by atoms with Crippen LogP contribution in [0, 0.1) is 0 Å². The number of nitrogens with zero attached hydrogens (tertiary/aromatic N) is 2. The van der Waals surface area contributed by atoms with Gasteiger partial charge in [0.2, 0.25) is 0 Å². The van der Waals surface area contributed by atoms with Crippen molar-refractivity contribution in [2.75, 3.05) is 0 Å². The quantitative estimate of drug-likeness (QED) is 0.588. The number of para-hydroxylation sites is 1. The summed E-state index contributed by atoms with van der Waals surface area (Å²) in [6.45, 7) is 0.260. The van der Waals surface area contributed by atoms with E-state index in [0.29, 0.717) is 11.0 Å². The molecule has 6 nitrogen and oxygen atoms in total. The standard InChI is InChI=1S/C18H13N3O3/c22-17(14-9-12-5-1-2-6-15(12)24-18(14)23)20-11-13-10-19-16-7-3-4-8-21(13)16/h1-10H,11H2,(H,20,22). The van der Waals surface area contributed by atoms with Gasteiger partial charge in [-0.15, -0.1) is 0 Å². The van der Waals surface area contributed by atoms with E-state index in [1.165, 1.54) is 0 Å². The normalized spacial score (nSPS) is 11.0. The number of pyridine rings is 1. The fraction of sp³-hybridized carbons (Fsp3) is 0.0556. The number of fused-ring (bicyclic) bond motifs is 2. The predicted octanol–water partition coefficient (Wildman–Crippen LogP) is 2.37. The van der Waals surface area contributed by atoms with Gasteiger partial charge in [-0.05, 0) is 24.3 Å². The van der Waals surface area contributed by atoms with Crippen molar-refractivity contribution in [3.8, 4) is 0 Å². The maximum absolute atomic E-state index is 12.3. The molecule has 0 aliphatic heterocycles. The van der Waals surface area contributed by atoms with Crippen LogP contribution in [0.25, 0.3) is 16.6 Å². The number of amides is 1. The van der Waals surface area contributed by atoms with Crippen molar-refractivity contribution >= 4 is 22.5 Å². The van der Waals surface area contributed by atoms with Crippen LogP contribution in [0.2, 0.25) is 0 Å². The Labute approximate surface area is 136 Å². The average Bonchev–Trinajstić information content (AvgIpc) is 3.02. The Morgan fingerprint density at radius 2 is 2.00 bits per heavy atom. The first kappa shape index (κ1) is 14.2. The van der Waals surface area contributed by atoms with E-state index in [2.05, 4.69) is 10.3 Å². The van der Waals surface area contributed by atoms with E-state index < -0.39 is 11.5 Å². The van der Waals surface area contributed by atoms with Crippen LogP contribution in [0.4, 0.5) is 0 Å². The van der Waals surface area contributed by atoms with E-state index in [-0.39, 0.29) is 12.1 Å². The third kappa shape index (κ3) is 2.44. The Morgan fingerprint density at radius 1 is 1.17 bits per heavy atom. The topological polar surface area (TPSA) is 76.6 Å². The van der Waals surface area contributed by atoms with Crippen LogP contribution >= 0.6 is 0 Å². The number of benzene rings is 1. The molecule has 0 saturated carbocycles. The molecule has 0 spiro atoms. The van der Waals surface area contributed by atoms with Crippen LogP contribution in [0.15, 0.2) is 70.1 Å². The molecule has 1 aromatic carbocycles. The number of imidazole rings is 1. The van der Waals surface area contributed by atoms with Crippen LogP contribution in [0.3, 0.4) is 0 Å². The molecule has 0 bridgehead atoms. The van der Waals surface area contributed by atoms with E-state index in [1.54, 1.807) is 30.5 Å². The summed E-state index contributed by atoms with van der Waals surface area (Å²) in [6, 6.07) is 14.3. The summed E-state index contributed by atoms with van der Waals surface area (Å²) in [4.78, 5) is 28.6. The average molecular weight is 319 g/mol. The van der Waals surface area contributed by atoms with Gasteiger partial charge in [-0.25, -0.2) is 9.78 Å². The second kappa shape index (κ2) is 5.66. The van der Waals surface area contributed by atoms with Gasteiger partial charge in [0, 0.05) is 11.6 Å². The molecule has 118 valence electrons. The third-order valence-corrected chi connectivity index (χ3v) is 3.81. The van der Waals surface area contributed by atoms with Gasteiger partial charge in [-0.1, -0.05) is 24.3 Å². The fourth-order valence-corrected chi connectivity index (χ4v) is 2.60. The zero-order valence-corrected chi connectivity index (χ0v) is 12.6. The molecule has 0 saturated heterocycles. The van der Waals surface area contributed by atoms with E-state index in [4.69, 9.17) is 4.42 Å². The van der Waals surface area contributed by atoms with Gasteiger partial charge in [-0.2, -0.15) is 0 Å². The molecular weight excluding hydrogens is 306 g/mol. The summed E-state index contributed by atoms with van der Waals surface area (Å²) < 4.78 is 7.07. The second-order valence-electron chi connectivity index (χ2n) is 5.35. The molecule has 4 rings (SSSR count). The molecule has 6 heteroatoms. The number of hydrogen-bond acceptors (Lipinski definition) is 4. The van der Waals surface area contributed by atoms with Gasteiger partial charge in [0.15, 0.2) is 0 Å². The second-order valence-corrected chi connectivity index (χ2v) is 5.35. The lowest BCUT2D eigenvalue weighted by Crippen LogP contribution is -2.28. The highest BCUT2D eigenvalue weighted by Crippen LogP contribution is 2.12. The minimum atomic E-state index is -0.649. The Hall–Kier alpha value is -3.41. The largest absolute Gasteiger partial charge is 0.422 e. The Morgan fingerprint density at radius 3 is 2.92 bits per heavy atom. The zero-order valence-electron chi connectivity index (χ0n) is 12.6. The monoisotopic (exact) mass is 319 g/mol. The van der Waals surface area contributed by atoms with E-state index in [1.807, 2.05) is 34.9 Å². The predicted molar refractivity (Wildman–Crippen MR) is 88.8 cm³/mol. The van der Waals surface area contributed by atoms with Crippen molar-refractivity contribution in [2.45, 2.75) is 6.54 Å². The van der Waals surface area contributed by atoms with Gasteiger partial charge in [0.25, 0.3) is 5.91 Å². The lowest BCUT2D eigenvalue weighted by atomic mass is 10.2. The lowest BCUT2D eigenvalue weighted by Gasteiger charge is -2.05. The van der Waals surface area contributed by atoms with Gasteiger partial charge in [0.1, 0.15) is 16.8 Å². The minimum absolute atomic E-state index is 0.0116. The molecule has 0 radical (unpaired) electrons. The molecule has 1 amide bonds. The van der Waals surface area contributed by atoms with Crippen molar-refractivity contribution in [2.24, 2.45) is 0 Å². The SMILES string of the molecule is O=C(NCc1cnc2ccccn12)c1cc2ccccc2oc1=O. The summed E-state index contributed by atoms with van der Waals surface area (Å²) >= 11 is 0. The maximum atomic E-state index is 12.3. The molecule has 0 atom stereocenters. The van der Waals surface area contributed by atoms with Crippen molar-refractivity contribution in [3.63, 3.8) is 0 Å². The number of carbonyl (C=O) groups is 1. The van der Waals surface area contributed by atoms with E-state index in [9.17, 15) is 9.59 Å². The van der Waals surface area contributed by atoms with Gasteiger partial charge < -0.3 is 14.1 Å². The first-order valence-corrected chi connectivity index (χ1v) is 7.44. The van der Waals surface area contributed by atoms with Crippen LogP contribution < -0.4 is 10.9 Å². The van der Waals surface area contributed by atoms with E-state index >= 15 is 0 Å². The van der Waals surface area contributed by atoms with Crippen molar-refractivity contribution in [1.29, 1.82) is 0 Å². The highest BCUT2D eigenvalue weighted by molar-refractivity contribution is 5.96. The molecule has 0 unspecified atom stereocenters. The molecule has 0 aliphatic carbocycles. The first-order chi connectivity index (χ1) is 11.7. The summed E-state index contributed by atoms with van der Waals surface area (Å²) in [6.07, 6.45) is 3.56. The van der Waals surface area contributed by atoms with Crippen molar-refractivity contribution < 1.29 is 9.21 Å². The van der Waals surface area contributed by atoms with Crippen LogP contribution in [0.1, 0.15) is 16.1 Å². The molecule has 3 aromatic heterocycles. The number of rotatable bonds is 3. The van der Waals surface area contributed by atoms with Gasteiger partial charge >= 0.3 is 5.63 Å². The Kier molecular flexibility index (Phi) is 3.35. The molecule has 1 N–H and O–H groups in total. The van der Waals surface area contributed by atoms with Crippen LogP contribution in [-0.2, 0) is 6.54 Å². The summed E-state index contributed by atoms with van der Waals surface area (Å²) in [5.41, 5.74) is 1.42. The summed E-state index contributed by atoms with van der Waals surface area (Å²) in [5, 5.41) is 3.44. The fourth-order valence-electron chi connectivity index (χ4n) is 2.60. The van der Waals surface area contributed by atoms with Gasteiger partial charge in [-0.3, -0.25) is 4.79 Å². The van der Waals surface area contributed by atoms with Crippen LogP contribution in [0.5, 0.6) is 0 Å². The third-order valence-electron chi connectivity index (χ3n) is 3.81. The minimum Gasteiger partial charge on any atom is -0.422 e. The Bertz CT molecular complexity index is 1110. The molecule has 0 aliphatic rings. The molecular formula is C18H13N3O3. The first-order valence-electron chi connectivity index (χ1n) is 7.44. The number of hydrogen-bond donors (Lipinski definition) is 1. The zero-order chi connectivity index (χ0) is 16.5. The smallest absolute Gasteiger partial charge is 0.349 e. The summed E-state index contributed by atoms with van der Waals surface area (Å²) in [5.74, 6) is -0.472. The molecule has 0 fully saturated rings.